The van der Waals surface area contributed by atoms with E-state index in [9.17, 15) is 22.4 Å². The third-order valence-electron chi connectivity index (χ3n) is 5.08. The summed E-state index contributed by atoms with van der Waals surface area (Å²) in [4.78, 5) is 30.4. The van der Waals surface area contributed by atoms with Crippen molar-refractivity contribution in [3.63, 3.8) is 0 Å². The highest BCUT2D eigenvalue weighted by Crippen LogP contribution is 2.37. The van der Waals surface area contributed by atoms with Gasteiger partial charge in [0.25, 0.3) is 5.56 Å². The number of hydrogen-bond donors (Lipinski definition) is 1. The van der Waals surface area contributed by atoms with Crippen molar-refractivity contribution in [2.75, 3.05) is 6.67 Å². The predicted molar refractivity (Wildman–Crippen MR) is 108 cm³/mol. The largest absolute Gasteiger partial charge is 0.331 e. The standard InChI is InChI=1S/C18H19FN4O4S2/c1-11-20-8-12(28-11)9-23-16(24)14-7-13(3-4-15(14)22(2)17(23)25)29(26,27)21-18(10-19)5-6-18/h3-4,7-8,21H,5-6,9-10H2,1-2H3. The SMILES string of the molecule is Cc1ncc(Cn2c(=O)c3cc(S(=O)(=O)NC4(CF)CC4)ccc3n(C)c2=O)s1. The molecule has 1 aliphatic carbocycles. The minimum Gasteiger partial charge on any atom is -0.296 e. The second-order valence-electron chi connectivity index (χ2n) is 7.28. The predicted octanol–water partition coefficient (Wildman–Crippen LogP) is 1.29. The van der Waals surface area contributed by atoms with Crippen LogP contribution in [0.25, 0.3) is 10.9 Å². The Hall–Kier alpha value is -2.37. The summed E-state index contributed by atoms with van der Waals surface area (Å²) in [7, 11) is -2.48. The lowest BCUT2D eigenvalue weighted by Crippen LogP contribution is -2.40. The van der Waals surface area contributed by atoms with Crippen LogP contribution < -0.4 is 16.0 Å². The Bertz CT molecular complexity index is 1340. The maximum atomic E-state index is 13.1. The Morgan fingerprint density at radius 2 is 2.03 bits per heavy atom. The molecule has 0 unspecified atom stereocenters. The molecule has 0 spiro atoms. The number of fused-ring (bicyclic) bond motifs is 1. The number of thiazole rings is 1. The lowest BCUT2D eigenvalue weighted by molar-refractivity contribution is 0.393. The van der Waals surface area contributed by atoms with Gasteiger partial charge in [0.1, 0.15) is 6.67 Å². The first-order valence-electron chi connectivity index (χ1n) is 8.91. The molecule has 1 aliphatic rings. The van der Waals surface area contributed by atoms with Crippen molar-refractivity contribution in [2.24, 2.45) is 7.05 Å². The second-order valence-corrected chi connectivity index (χ2v) is 10.3. The van der Waals surface area contributed by atoms with Gasteiger partial charge >= 0.3 is 5.69 Å². The van der Waals surface area contributed by atoms with Gasteiger partial charge in [-0.2, -0.15) is 0 Å². The molecular formula is C18H19FN4O4S2. The number of aryl methyl sites for hydroxylation is 2. The van der Waals surface area contributed by atoms with E-state index in [2.05, 4.69) is 9.71 Å². The van der Waals surface area contributed by atoms with E-state index in [4.69, 9.17) is 0 Å². The minimum atomic E-state index is -4.00. The highest BCUT2D eigenvalue weighted by atomic mass is 32.2. The summed E-state index contributed by atoms with van der Waals surface area (Å²) in [5, 5.41) is 0.910. The lowest BCUT2D eigenvalue weighted by atomic mass is 10.2. The first kappa shape index (κ1) is 19.9. The van der Waals surface area contributed by atoms with Crippen molar-refractivity contribution in [2.45, 2.75) is 36.7 Å². The molecule has 0 atom stereocenters. The second kappa shape index (κ2) is 6.85. The molecule has 8 nitrogen and oxygen atoms in total. The Labute approximate surface area is 169 Å². The Morgan fingerprint density at radius 3 is 2.62 bits per heavy atom. The van der Waals surface area contributed by atoms with E-state index in [1.54, 1.807) is 6.20 Å². The van der Waals surface area contributed by atoms with E-state index in [1.807, 2.05) is 6.92 Å². The quantitative estimate of drug-likeness (QED) is 0.625. The fraction of sp³-hybridized carbons (Fsp3) is 0.389. The molecule has 1 saturated carbocycles. The third kappa shape index (κ3) is 3.53. The summed E-state index contributed by atoms with van der Waals surface area (Å²) in [6.07, 6.45) is 2.48. The molecule has 29 heavy (non-hydrogen) atoms. The van der Waals surface area contributed by atoms with Crippen molar-refractivity contribution >= 4 is 32.3 Å². The molecule has 2 heterocycles. The Balaban J connectivity index is 1.83. The molecular weight excluding hydrogens is 419 g/mol. The van der Waals surface area contributed by atoms with Gasteiger partial charge in [-0.05, 0) is 38.0 Å². The van der Waals surface area contributed by atoms with Crippen molar-refractivity contribution in [1.82, 2.24) is 18.8 Å². The fourth-order valence-corrected chi connectivity index (χ4v) is 5.44. The molecule has 11 heteroatoms. The highest BCUT2D eigenvalue weighted by Gasteiger charge is 2.46. The highest BCUT2D eigenvalue weighted by molar-refractivity contribution is 7.89. The van der Waals surface area contributed by atoms with Gasteiger partial charge in [0.05, 0.1) is 32.9 Å². The van der Waals surface area contributed by atoms with Crippen LogP contribution in [0.2, 0.25) is 0 Å². The first-order valence-corrected chi connectivity index (χ1v) is 11.2. The molecule has 0 radical (unpaired) electrons. The van der Waals surface area contributed by atoms with Crippen molar-refractivity contribution in [1.29, 1.82) is 0 Å². The van der Waals surface area contributed by atoms with E-state index in [1.165, 1.54) is 41.2 Å². The molecule has 0 amide bonds. The van der Waals surface area contributed by atoms with Gasteiger partial charge in [-0.15, -0.1) is 11.3 Å². The average molecular weight is 439 g/mol. The van der Waals surface area contributed by atoms with Gasteiger partial charge in [0.15, 0.2) is 0 Å². The van der Waals surface area contributed by atoms with Gasteiger partial charge in [-0.25, -0.2) is 27.3 Å². The number of alkyl halides is 1. The summed E-state index contributed by atoms with van der Waals surface area (Å²) >= 11 is 1.37. The van der Waals surface area contributed by atoms with Crippen molar-refractivity contribution in [3.8, 4) is 0 Å². The number of halogens is 1. The molecule has 1 aromatic carbocycles. The lowest BCUT2D eigenvalue weighted by Gasteiger charge is -2.15. The number of hydrogen-bond acceptors (Lipinski definition) is 6. The zero-order chi connectivity index (χ0) is 21.0. The summed E-state index contributed by atoms with van der Waals surface area (Å²) in [5.41, 5.74) is -1.81. The molecule has 2 aromatic heterocycles. The number of benzene rings is 1. The Morgan fingerprint density at radius 1 is 1.31 bits per heavy atom. The van der Waals surface area contributed by atoms with Crippen LogP contribution in [-0.2, 0) is 23.6 Å². The summed E-state index contributed by atoms with van der Waals surface area (Å²) < 4.78 is 43.2. The summed E-state index contributed by atoms with van der Waals surface area (Å²) in [6, 6.07) is 3.97. The topological polar surface area (TPSA) is 103 Å². The molecule has 0 saturated heterocycles. The van der Waals surface area contributed by atoms with Crippen molar-refractivity contribution in [3.05, 3.63) is 55.1 Å². The van der Waals surface area contributed by atoms with Gasteiger partial charge < -0.3 is 0 Å². The minimum absolute atomic E-state index is 0.0488. The number of nitrogens with zero attached hydrogens (tertiary/aromatic N) is 3. The summed E-state index contributed by atoms with van der Waals surface area (Å²) in [6.45, 7) is 1.09. The van der Waals surface area contributed by atoms with Gasteiger partial charge in [0.2, 0.25) is 10.0 Å². The van der Waals surface area contributed by atoms with Gasteiger partial charge in [-0.1, -0.05) is 0 Å². The number of sulfonamides is 1. The molecule has 1 N–H and O–H groups in total. The third-order valence-corrected chi connectivity index (χ3v) is 7.55. The van der Waals surface area contributed by atoms with E-state index in [0.717, 1.165) is 14.5 Å². The van der Waals surface area contributed by atoms with Crippen LogP contribution in [0.1, 0.15) is 22.7 Å². The van der Waals surface area contributed by atoms with E-state index in [0.29, 0.717) is 18.4 Å². The van der Waals surface area contributed by atoms with Crippen LogP contribution in [0.5, 0.6) is 0 Å². The number of rotatable bonds is 6. The molecule has 0 aliphatic heterocycles. The van der Waals surface area contributed by atoms with Crippen LogP contribution >= 0.6 is 11.3 Å². The monoisotopic (exact) mass is 438 g/mol. The molecule has 0 bridgehead atoms. The van der Waals surface area contributed by atoms with E-state index in [-0.39, 0.29) is 16.8 Å². The molecule has 1 fully saturated rings. The summed E-state index contributed by atoms with van der Waals surface area (Å²) in [5.74, 6) is 0. The van der Waals surface area contributed by atoms with Crippen LogP contribution in [0, 0.1) is 6.92 Å². The van der Waals surface area contributed by atoms with Crippen LogP contribution in [0.15, 0.2) is 38.9 Å². The fourth-order valence-electron chi connectivity index (χ4n) is 3.19. The average Bonchev–Trinajstić information content (AvgIpc) is 3.33. The van der Waals surface area contributed by atoms with Crippen molar-refractivity contribution < 1.29 is 12.8 Å². The molecule has 4 rings (SSSR count). The van der Waals surface area contributed by atoms with E-state index < -0.39 is 33.5 Å². The molecule has 154 valence electrons. The smallest absolute Gasteiger partial charge is 0.296 e. The normalized spacial score (nSPS) is 15.7. The van der Waals surface area contributed by atoms with Crippen LogP contribution in [-0.4, -0.2) is 34.7 Å². The zero-order valence-corrected chi connectivity index (χ0v) is 17.4. The van der Waals surface area contributed by atoms with Gasteiger partial charge in [0, 0.05) is 18.1 Å². The zero-order valence-electron chi connectivity index (χ0n) is 15.8. The maximum absolute atomic E-state index is 13.1. The van der Waals surface area contributed by atoms with Gasteiger partial charge in [-0.3, -0.25) is 13.9 Å². The molecule has 3 aromatic rings. The Kier molecular flexibility index (Phi) is 4.71. The van der Waals surface area contributed by atoms with Crippen LogP contribution in [0.4, 0.5) is 4.39 Å². The van der Waals surface area contributed by atoms with E-state index >= 15 is 0 Å². The van der Waals surface area contributed by atoms with Crippen LogP contribution in [0.3, 0.4) is 0 Å². The number of nitrogens with one attached hydrogen (secondary N) is 1. The number of aromatic nitrogens is 3. The maximum Gasteiger partial charge on any atom is 0.331 e. The first-order chi connectivity index (χ1) is 13.7.